The Morgan fingerprint density at radius 2 is 2.10 bits per heavy atom. The van der Waals surface area contributed by atoms with Gasteiger partial charge in [0, 0.05) is 12.0 Å². The molecular weight excluding hydrogens is 266 g/mol. The van der Waals surface area contributed by atoms with Gasteiger partial charge in [0.2, 0.25) is 0 Å². The minimum atomic E-state index is -0.861. The van der Waals surface area contributed by atoms with Crippen molar-refractivity contribution in [1.82, 2.24) is 10.4 Å². The fourth-order valence-corrected chi connectivity index (χ4v) is 2.71. The predicted octanol–water partition coefficient (Wildman–Crippen LogP) is 1.22. The smallest absolute Gasteiger partial charge is 0.258 e. The fourth-order valence-electron chi connectivity index (χ4n) is 2.71. The van der Waals surface area contributed by atoms with Gasteiger partial charge in [-0.25, -0.2) is 13.8 Å². The van der Waals surface area contributed by atoms with Gasteiger partial charge in [-0.3, -0.25) is 9.80 Å². The molecule has 1 aromatic carbocycles. The number of nitrogens with one attached hydrogen (secondary N) is 1. The molecule has 3 N–H and O–H groups in total. The first-order valence-corrected chi connectivity index (χ1v) is 6.43. The summed E-state index contributed by atoms with van der Waals surface area (Å²) in [6.45, 7) is 0. The summed E-state index contributed by atoms with van der Waals surface area (Å²) in [5.74, 6) is -1.19. The van der Waals surface area contributed by atoms with Crippen molar-refractivity contribution < 1.29 is 13.6 Å². The van der Waals surface area contributed by atoms with E-state index < -0.39 is 29.7 Å². The highest BCUT2D eigenvalue weighted by molar-refractivity contribution is 5.90. The molecule has 0 radical (unpaired) electrons. The van der Waals surface area contributed by atoms with Gasteiger partial charge in [-0.2, -0.15) is 5.43 Å². The monoisotopic (exact) mass is 280 g/mol. The van der Waals surface area contributed by atoms with Crippen LogP contribution in [0.2, 0.25) is 0 Å². The van der Waals surface area contributed by atoms with Gasteiger partial charge in [-0.15, -0.1) is 0 Å². The van der Waals surface area contributed by atoms with Crippen molar-refractivity contribution in [3.63, 3.8) is 0 Å². The van der Waals surface area contributed by atoms with E-state index in [1.165, 1.54) is 18.2 Å². The topological polar surface area (TPSA) is 70.7 Å². The highest BCUT2D eigenvalue weighted by Crippen LogP contribution is 2.35. The third-order valence-electron chi connectivity index (χ3n) is 3.61. The SMILES string of the molecule is NC(=O)C1N=C2CCCC(c3c(F)cccc3F)N2N1. The summed E-state index contributed by atoms with van der Waals surface area (Å²) >= 11 is 0. The highest BCUT2D eigenvalue weighted by atomic mass is 19.1. The second-order valence-corrected chi connectivity index (χ2v) is 4.89. The molecule has 1 fully saturated rings. The number of hydrazine groups is 1. The molecule has 2 atom stereocenters. The van der Waals surface area contributed by atoms with Crippen molar-refractivity contribution in [3.8, 4) is 0 Å². The zero-order valence-electron chi connectivity index (χ0n) is 10.6. The largest absolute Gasteiger partial charge is 0.367 e. The molecule has 2 aliphatic heterocycles. The maximum atomic E-state index is 13.9. The first-order valence-electron chi connectivity index (χ1n) is 6.43. The first kappa shape index (κ1) is 13.0. The second-order valence-electron chi connectivity index (χ2n) is 4.89. The van der Waals surface area contributed by atoms with Gasteiger partial charge >= 0.3 is 0 Å². The second kappa shape index (κ2) is 4.82. The number of halogens is 2. The maximum absolute atomic E-state index is 13.9. The van der Waals surface area contributed by atoms with Crippen molar-refractivity contribution in [2.45, 2.75) is 31.5 Å². The Labute approximate surface area is 114 Å². The molecule has 7 heteroatoms. The van der Waals surface area contributed by atoms with Crippen molar-refractivity contribution >= 4 is 11.7 Å². The Balaban J connectivity index is 1.96. The summed E-state index contributed by atoms with van der Waals surface area (Å²) in [4.78, 5) is 15.4. The Morgan fingerprint density at radius 1 is 1.40 bits per heavy atom. The van der Waals surface area contributed by atoms with E-state index in [2.05, 4.69) is 10.4 Å². The molecule has 2 aliphatic rings. The number of rotatable bonds is 2. The van der Waals surface area contributed by atoms with Crippen LogP contribution in [0.3, 0.4) is 0 Å². The van der Waals surface area contributed by atoms with Crippen LogP contribution in [0.4, 0.5) is 8.78 Å². The zero-order chi connectivity index (χ0) is 14.3. The quantitative estimate of drug-likeness (QED) is 0.855. The number of fused-ring (bicyclic) bond motifs is 1. The number of hydrogen-bond donors (Lipinski definition) is 2. The molecule has 2 unspecified atom stereocenters. The van der Waals surface area contributed by atoms with Gasteiger partial charge in [-0.1, -0.05) is 6.07 Å². The van der Waals surface area contributed by atoms with E-state index >= 15 is 0 Å². The minimum absolute atomic E-state index is 0.00230. The predicted molar refractivity (Wildman–Crippen MR) is 68.3 cm³/mol. The van der Waals surface area contributed by atoms with E-state index in [1.54, 1.807) is 5.01 Å². The summed E-state index contributed by atoms with van der Waals surface area (Å²) in [6, 6.07) is 3.26. The van der Waals surface area contributed by atoms with Crippen LogP contribution < -0.4 is 11.2 Å². The molecule has 0 aliphatic carbocycles. The summed E-state index contributed by atoms with van der Waals surface area (Å²) in [5, 5.41) is 1.57. The number of carbonyl (C=O) groups is 1. The molecule has 1 saturated heterocycles. The Bertz CT molecular complexity index is 569. The fraction of sp³-hybridized carbons (Fsp3) is 0.385. The van der Waals surface area contributed by atoms with Crippen molar-refractivity contribution in [3.05, 3.63) is 35.4 Å². The number of piperidine rings is 1. The lowest BCUT2D eigenvalue weighted by Gasteiger charge is -2.35. The number of carbonyl (C=O) groups excluding carboxylic acids is 1. The van der Waals surface area contributed by atoms with Crippen molar-refractivity contribution in [2.75, 3.05) is 0 Å². The molecule has 1 aromatic rings. The van der Waals surface area contributed by atoms with Gasteiger partial charge in [0.1, 0.15) is 17.5 Å². The first-order chi connectivity index (χ1) is 9.58. The molecule has 106 valence electrons. The Hall–Kier alpha value is -2.02. The lowest BCUT2D eigenvalue weighted by molar-refractivity contribution is -0.120. The number of primary amides is 1. The molecule has 5 nitrogen and oxygen atoms in total. The van der Waals surface area contributed by atoms with E-state index in [1.807, 2.05) is 0 Å². The average molecular weight is 280 g/mol. The van der Waals surface area contributed by atoms with Crippen LogP contribution in [0, 0.1) is 11.6 Å². The molecule has 0 aromatic heterocycles. The van der Waals surface area contributed by atoms with E-state index in [0.717, 1.165) is 6.42 Å². The van der Waals surface area contributed by atoms with Crippen LogP contribution in [0.15, 0.2) is 23.2 Å². The molecule has 0 saturated carbocycles. The van der Waals surface area contributed by atoms with Crippen LogP contribution in [-0.2, 0) is 4.79 Å². The third kappa shape index (κ3) is 2.03. The van der Waals surface area contributed by atoms with Gasteiger partial charge in [0.05, 0.1) is 6.04 Å². The summed E-state index contributed by atoms with van der Waals surface area (Å²) in [6.07, 6.45) is 1.13. The van der Waals surface area contributed by atoms with Gasteiger partial charge in [0.15, 0.2) is 6.17 Å². The molecule has 1 amide bonds. The number of nitrogens with zero attached hydrogens (tertiary/aromatic N) is 2. The van der Waals surface area contributed by atoms with E-state index in [0.29, 0.717) is 18.7 Å². The summed E-state index contributed by atoms with van der Waals surface area (Å²) < 4.78 is 27.8. The highest BCUT2D eigenvalue weighted by Gasteiger charge is 2.38. The number of benzene rings is 1. The third-order valence-corrected chi connectivity index (χ3v) is 3.61. The average Bonchev–Trinajstić information content (AvgIpc) is 2.83. The summed E-state index contributed by atoms with van der Waals surface area (Å²) in [7, 11) is 0. The van der Waals surface area contributed by atoms with Gasteiger partial charge in [0.25, 0.3) is 5.91 Å². The van der Waals surface area contributed by atoms with Gasteiger partial charge in [-0.05, 0) is 25.0 Å². The van der Waals surface area contributed by atoms with Crippen LogP contribution in [-0.4, -0.2) is 22.9 Å². The number of amidine groups is 1. The van der Waals surface area contributed by atoms with Crippen LogP contribution in [0.5, 0.6) is 0 Å². The van der Waals surface area contributed by atoms with E-state index in [4.69, 9.17) is 5.73 Å². The van der Waals surface area contributed by atoms with Crippen LogP contribution in [0.1, 0.15) is 30.9 Å². The molecular formula is C13H14F2N4O. The summed E-state index contributed by atoms with van der Waals surface area (Å²) in [5.41, 5.74) is 8.03. The lowest BCUT2D eigenvalue weighted by Crippen LogP contribution is -2.48. The molecule has 3 rings (SSSR count). The van der Waals surface area contributed by atoms with Gasteiger partial charge < -0.3 is 5.73 Å². The van der Waals surface area contributed by atoms with E-state index in [-0.39, 0.29) is 5.56 Å². The Morgan fingerprint density at radius 3 is 2.75 bits per heavy atom. The zero-order valence-corrected chi connectivity index (χ0v) is 10.6. The van der Waals surface area contributed by atoms with Crippen LogP contribution >= 0.6 is 0 Å². The molecule has 0 spiro atoms. The number of hydrogen-bond acceptors (Lipinski definition) is 4. The van der Waals surface area contributed by atoms with Crippen molar-refractivity contribution in [1.29, 1.82) is 0 Å². The lowest BCUT2D eigenvalue weighted by atomic mass is 9.95. The van der Waals surface area contributed by atoms with E-state index in [9.17, 15) is 13.6 Å². The number of nitrogens with two attached hydrogens (primary N) is 1. The molecule has 0 bridgehead atoms. The Kier molecular flexibility index (Phi) is 3.13. The number of amides is 1. The number of aliphatic imine (C=N–C) groups is 1. The van der Waals surface area contributed by atoms with Crippen molar-refractivity contribution in [2.24, 2.45) is 10.7 Å². The minimum Gasteiger partial charge on any atom is -0.367 e. The molecule has 2 heterocycles. The normalized spacial score (nSPS) is 25.3. The van der Waals surface area contributed by atoms with Crippen LogP contribution in [0.25, 0.3) is 0 Å². The standard InChI is InChI=1S/C13H14F2N4O/c14-7-3-1-4-8(15)11(7)9-5-2-6-10-17-13(12(16)20)18-19(9)10/h1,3-4,9,13,18H,2,5-6H2,(H2,16,20). The molecule has 20 heavy (non-hydrogen) atoms. The maximum Gasteiger partial charge on any atom is 0.258 e.